The van der Waals surface area contributed by atoms with E-state index >= 15 is 0 Å². The minimum Gasteiger partial charge on any atom is -0.357 e. The second-order valence-corrected chi connectivity index (χ2v) is 8.56. The molecule has 0 saturated heterocycles. The van der Waals surface area contributed by atoms with Gasteiger partial charge in [-0.2, -0.15) is 0 Å². The van der Waals surface area contributed by atoms with Gasteiger partial charge in [-0.1, -0.05) is 22.0 Å². The predicted octanol–water partition coefficient (Wildman–Crippen LogP) is 4.78. The summed E-state index contributed by atoms with van der Waals surface area (Å²) < 4.78 is 1.13. The third-order valence-corrected chi connectivity index (χ3v) is 6.31. The van der Waals surface area contributed by atoms with Crippen LogP contribution in [0, 0.1) is 0 Å². The number of aromatic amines is 1. The van der Waals surface area contributed by atoms with E-state index in [2.05, 4.69) is 49.7 Å². The number of hydrogen-bond donors (Lipinski definition) is 3. The number of halogens is 1. The standard InChI is InChI=1S/C20H22BrN3OS/c21-13-7-8-16-15(12-13)14-4-1-5-17(19(14)24-16)22-9-3-10-23-20(25)18-6-2-11-26-18/h2,6-8,11-12,17,22,24H,1,3-5,9-10H2,(H,23,25). The summed E-state index contributed by atoms with van der Waals surface area (Å²) in [6.07, 6.45) is 4.43. The highest BCUT2D eigenvalue weighted by atomic mass is 79.9. The number of carbonyl (C=O) groups excluding carboxylic acids is 1. The van der Waals surface area contributed by atoms with Gasteiger partial charge in [-0.3, -0.25) is 4.79 Å². The molecule has 1 aliphatic carbocycles. The molecule has 2 aromatic heterocycles. The maximum Gasteiger partial charge on any atom is 0.261 e. The molecule has 3 N–H and O–H groups in total. The highest BCUT2D eigenvalue weighted by molar-refractivity contribution is 9.10. The summed E-state index contributed by atoms with van der Waals surface area (Å²) in [6, 6.07) is 10.6. The number of hydrogen-bond acceptors (Lipinski definition) is 3. The molecule has 4 rings (SSSR count). The molecule has 4 nitrogen and oxygen atoms in total. The molecule has 0 bridgehead atoms. The van der Waals surface area contributed by atoms with Crippen molar-refractivity contribution in [3.63, 3.8) is 0 Å². The average molecular weight is 432 g/mol. The van der Waals surface area contributed by atoms with E-state index in [-0.39, 0.29) is 5.91 Å². The van der Waals surface area contributed by atoms with Gasteiger partial charge in [-0.05, 0) is 67.4 Å². The summed E-state index contributed by atoms with van der Waals surface area (Å²) in [5.74, 6) is 0.0288. The summed E-state index contributed by atoms with van der Waals surface area (Å²) in [6.45, 7) is 1.59. The number of nitrogens with one attached hydrogen (secondary N) is 3. The largest absolute Gasteiger partial charge is 0.357 e. The number of amides is 1. The van der Waals surface area contributed by atoms with Gasteiger partial charge in [-0.25, -0.2) is 0 Å². The molecule has 6 heteroatoms. The van der Waals surface area contributed by atoms with Gasteiger partial charge in [0.1, 0.15) is 0 Å². The van der Waals surface area contributed by atoms with Crippen LogP contribution in [0.4, 0.5) is 0 Å². The maximum atomic E-state index is 11.9. The minimum absolute atomic E-state index is 0.0288. The Labute approximate surface area is 165 Å². The lowest BCUT2D eigenvalue weighted by Gasteiger charge is -2.24. The van der Waals surface area contributed by atoms with Gasteiger partial charge >= 0.3 is 0 Å². The lowest BCUT2D eigenvalue weighted by Crippen LogP contribution is -2.30. The van der Waals surface area contributed by atoms with Crippen LogP contribution in [0.1, 0.15) is 46.2 Å². The maximum absolute atomic E-state index is 11.9. The molecular weight excluding hydrogens is 410 g/mol. The number of rotatable bonds is 6. The molecule has 3 aromatic rings. The highest BCUT2D eigenvalue weighted by Crippen LogP contribution is 2.35. The van der Waals surface area contributed by atoms with Gasteiger partial charge in [-0.15, -0.1) is 11.3 Å². The van der Waals surface area contributed by atoms with Crippen LogP contribution < -0.4 is 10.6 Å². The first-order valence-corrected chi connectivity index (χ1v) is 10.7. The fourth-order valence-electron chi connectivity index (χ4n) is 3.70. The van der Waals surface area contributed by atoms with Crippen molar-refractivity contribution < 1.29 is 4.79 Å². The third kappa shape index (κ3) is 3.72. The Morgan fingerprint density at radius 2 is 2.23 bits per heavy atom. The second kappa shape index (κ2) is 7.94. The zero-order valence-electron chi connectivity index (χ0n) is 14.5. The van der Waals surface area contributed by atoms with E-state index in [4.69, 9.17) is 0 Å². The molecule has 0 aliphatic heterocycles. The van der Waals surface area contributed by atoms with Crippen molar-refractivity contribution in [3.05, 3.63) is 56.3 Å². The number of carbonyl (C=O) groups is 1. The van der Waals surface area contributed by atoms with Crippen LogP contribution in [0.3, 0.4) is 0 Å². The van der Waals surface area contributed by atoms with Crippen LogP contribution in [-0.2, 0) is 6.42 Å². The fourth-order valence-corrected chi connectivity index (χ4v) is 4.70. The summed E-state index contributed by atoms with van der Waals surface area (Å²) in [5.41, 5.74) is 4.01. The molecule has 0 radical (unpaired) electrons. The van der Waals surface area contributed by atoms with Gasteiger partial charge in [0.2, 0.25) is 0 Å². The molecule has 0 saturated carbocycles. The van der Waals surface area contributed by atoms with Crippen molar-refractivity contribution in [2.24, 2.45) is 0 Å². The number of benzene rings is 1. The van der Waals surface area contributed by atoms with Gasteiger partial charge in [0, 0.05) is 33.7 Å². The topological polar surface area (TPSA) is 56.9 Å². The van der Waals surface area contributed by atoms with E-state index in [1.807, 2.05) is 17.5 Å². The van der Waals surface area contributed by atoms with Crippen molar-refractivity contribution in [1.82, 2.24) is 15.6 Å². The zero-order valence-corrected chi connectivity index (χ0v) is 16.9. The summed E-state index contributed by atoms with van der Waals surface area (Å²) >= 11 is 5.06. The Hall–Kier alpha value is -1.63. The molecule has 26 heavy (non-hydrogen) atoms. The molecule has 0 fully saturated rings. The van der Waals surface area contributed by atoms with Gasteiger partial charge < -0.3 is 15.6 Å². The van der Waals surface area contributed by atoms with Crippen LogP contribution in [0.2, 0.25) is 0 Å². The molecular formula is C20H22BrN3OS. The van der Waals surface area contributed by atoms with Crippen molar-refractivity contribution in [1.29, 1.82) is 0 Å². The van der Waals surface area contributed by atoms with Gasteiger partial charge in [0.05, 0.1) is 4.88 Å². The molecule has 1 aromatic carbocycles. The average Bonchev–Trinajstić information content (AvgIpc) is 3.29. The highest BCUT2D eigenvalue weighted by Gasteiger charge is 2.23. The van der Waals surface area contributed by atoms with Crippen LogP contribution in [0.5, 0.6) is 0 Å². The smallest absolute Gasteiger partial charge is 0.261 e. The Kier molecular flexibility index (Phi) is 5.43. The number of thiophene rings is 1. The Morgan fingerprint density at radius 1 is 1.31 bits per heavy atom. The molecule has 1 amide bonds. The lowest BCUT2D eigenvalue weighted by atomic mass is 9.91. The quantitative estimate of drug-likeness (QED) is 0.491. The van der Waals surface area contributed by atoms with Crippen molar-refractivity contribution in [2.45, 2.75) is 31.7 Å². The number of aryl methyl sites for hydroxylation is 1. The summed E-state index contributed by atoms with van der Waals surface area (Å²) in [5, 5.41) is 9.92. The zero-order chi connectivity index (χ0) is 17.9. The van der Waals surface area contributed by atoms with Crippen LogP contribution in [0.15, 0.2) is 40.2 Å². The molecule has 1 atom stereocenters. The van der Waals surface area contributed by atoms with E-state index in [0.29, 0.717) is 12.6 Å². The molecule has 136 valence electrons. The van der Waals surface area contributed by atoms with E-state index < -0.39 is 0 Å². The van der Waals surface area contributed by atoms with Crippen molar-refractivity contribution >= 4 is 44.1 Å². The second-order valence-electron chi connectivity index (χ2n) is 6.69. The van der Waals surface area contributed by atoms with Crippen molar-refractivity contribution in [2.75, 3.05) is 13.1 Å². The minimum atomic E-state index is 0.0288. The Morgan fingerprint density at radius 3 is 3.08 bits per heavy atom. The summed E-state index contributed by atoms with van der Waals surface area (Å²) in [7, 11) is 0. The SMILES string of the molecule is O=C(NCCCNC1CCCc2c1[nH]c1ccc(Br)cc21)c1cccs1. The van der Waals surface area contributed by atoms with E-state index in [0.717, 1.165) is 35.2 Å². The lowest BCUT2D eigenvalue weighted by molar-refractivity contribution is 0.0957. The first-order valence-electron chi connectivity index (χ1n) is 9.07. The monoisotopic (exact) mass is 431 g/mol. The molecule has 1 aliphatic rings. The van der Waals surface area contributed by atoms with Crippen LogP contribution >= 0.6 is 27.3 Å². The molecule has 1 unspecified atom stereocenters. The van der Waals surface area contributed by atoms with E-state index in [9.17, 15) is 4.79 Å². The van der Waals surface area contributed by atoms with Gasteiger partial charge in [0.25, 0.3) is 5.91 Å². The van der Waals surface area contributed by atoms with Crippen LogP contribution in [0.25, 0.3) is 10.9 Å². The van der Waals surface area contributed by atoms with E-state index in [1.165, 1.54) is 39.9 Å². The number of fused-ring (bicyclic) bond motifs is 3. The van der Waals surface area contributed by atoms with E-state index in [1.54, 1.807) is 0 Å². The Balaban J connectivity index is 1.32. The third-order valence-electron chi connectivity index (χ3n) is 4.94. The normalized spacial score (nSPS) is 16.6. The molecule has 2 heterocycles. The fraction of sp³-hybridized carbons (Fsp3) is 0.350. The van der Waals surface area contributed by atoms with Gasteiger partial charge in [0.15, 0.2) is 0 Å². The molecule has 0 spiro atoms. The van der Waals surface area contributed by atoms with Crippen LogP contribution in [-0.4, -0.2) is 24.0 Å². The van der Waals surface area contributed by atoms with Crippen molar-refractivity contribution in [3.8, 4) is 0 Å². The first kappa shape index (κ1) is 17.8. The number of H-pyrrole nitrogens is 1. The predicted molar refractivity (Wildman–Crippen MR) is 111 cm³/mol. The summed E-state index contributed by atoms with van der Waals surface area (Å²) in [4.78, 5) is 16.3. The number of aromatic nitrogens is 1. The Bertz CT molecular complexity index is 903. The first-order chi connectivity index (χ1) is 12.7.